The van der Waals surface area contributed by atoms with E-state index in [1.807, 2.05) is 0 Å². The highest BCUT2D eigenvalue weighted by Crippen LogP contribution is 2.77. The summed E-state index contributed by atoms with van der Waals surface area (Å²) in [5.74, 6) is -0.553. The largest absolute Gasteiger partial charge is 0.467 e. The number of methoxy groups -OCH3 is 1. The molecule has 32 heavy (non-hydrogen) atoms. The Morgan fingerprint density at radius 3 is 1.81 bits per heavy atom. The first-order valence-electron chi connectivity index (χ1n) is 11.8. The van der Waals surface area contributed by atoms with Crippen molar-refractivity contribution in [2.24, 2.45) is 47.3 Å². The second-order valence-electron chi connectivity index (χ2n) is 11.4. The summed E-state index contributed by atoms with van der Waals surface area (Å²) in [5.41, 5.74) is -2.85. The first-order valence-corrected chi connectivity index (χ1v) is 11.8. The van der Waals surface area contributed by atoms with Crippen LogP contribution in [0.4, 0.5) is 0 Å². The van der Waals surface area contributed by atoms with E-state index in [-0.39, 0.29) is 65.8 Å². The molecule has 0 radical (unpaired) electrons. The third-order valence-corrected chi connectivity index (χ3v) is 8.91. The van der Waals surface area contributed by atoms with E-state index in [9.17, 15) is 14.4 Å². The zero-order valence-electron chi connectivity index (χ0n) is 19.0. The van der Waals surface area contributed by atoms with E-state index in [2.05, 4.69) is 29.6 Å². The number of ether oxygens (including phenoxy) is 3. The Kier molecular flexibility index (Phi) is 3.99. The smallest absolute Gasteiger partial charge is 0.338 e. The van der Waals surface area contributed by atoms with Crippen molar-refractivity contribution in [3.63, 3.8) is 0 Å². The quantitative estimate of drug-likeness (QED) is 0.530. The number of nitrogens with one attached hydrogen (secondary N) is 1. The summed E-state index contributed by atoms with van der Waals surface area (Å²) in [6.45, 7) is 5.18. The van der Waals surface area contributed by atoms with E-state index in [4.69, 9.17) is 14.2 Å². The minimum atomic E-state index is -1.13. The Morgan fingerprint density at radius 1 is 0.906 bits per heavy atom. The van der Waals surface area contributed by atoms with Gasteiger partial charge in [-0.2, -0.15) is 0 Å². The first kappa shape index (κ1) is 20.5. The predicted octanol–water partition coefficient (Wildman–Crippen LogP) is 2.02. The number of allylic oxidation sites excluding steroid dienone is 4. The maximum atomic E-state index is 13.9. The fraction of sp³-hybridized carbons (Fsp3) is 0.720. The molecule has 2 heterocycles. The van der Waals surface area contributed by atoms with Crippen LogP contribution in [0.15, 0.2) is 24.3 Å². The zero-order valence-corrected chi connectivity index (χ0v) is 19.0. The first-order chi connectivity index (χ1) is 15.1. The molecule has 4 aliphatic carbocycles. The summed E-state index contributed by atoms with van der Waals surface area (Å²) in [7, 11) is 1.41. The van der Waals surface area contributed by atoms with E-state index in [0.717, 1.165) is 12.8 Å². The fourth-order valence-electron chi connectivity index (χ4n) is 8.47. The van der Waals surface area contributed by atoms with Gasteiger partial charge in [0.25, 0.3) is 5.91 Å². The van der Waals surface area contributed by atoms with Crippen molar-refractivity contribution in [3.8, 4) is 0 Å². The van der Waals surface area contributed by atoms with Crippen molar-refractivity contribution < 1.29 is 28.6 Å². The lowest BCUT2D eigenvalue weighted by atomic mass is 9.52. The number of carbonyl (C=O) groups excluding carboxylic acids is 3. The van der Waals surface area contributed by atoms with Crippen molar-refractivity contribution in [2.75, 3.05) is 13.7 Å². The highest BCUT2D eigenvalue weighted by Gasteiger charge is 2.87. The van der Waals surface area contributed by atoms with Gasteiger partial charge in [-0.15, -0.1) is 0 Å². The summed E-state index contributed by atoms with van der Waals surface area (Å²) >= 11 is 0. The Morgan fingerprint density at radius 2 is 1.38 bits per heavy atom. The minimum Gasteiger partial charge on any atom is -0.467 e. The van der Waals surface area contributed by atoms with Gasteiger partial charge in [-0.25, -0.2) is 4.79 Å². The lowest BCUT2D eigenvalue weighted by molar-refractivity contribution is -0.180. The maximum absolute atomic E-state index is 13.9. The summed E-state index contributed by atoms with van der Waals surface area (Å²) in [6, 6.07) is 0. The van der Waals surface area contributed by atoms with Crippen LogP contribution in [0.2, 0.25) is 0 Å². The Bertz CT molecular complexity index is 920. The Labute approximate surface area is 187 Å². The number of carbonyl (C=O) groups is 3. The van der Waals surface area contributed by atoms with Gasteiger partial charge in [0.15, 0.2) is 11.2 Å². The number of rotatable bonds is 4. The summed E-state index contributed by atoms with van der Waals surface area (Å²) in [5, 5.41) is 2.85. The van der Waals surface area contributed by atoms with Gasteiger partial charge in [-0.3, -0.25) is 9.59 Å². The van der Waals surface area contributed by atoms with Crippen molar-refractivity contribution in [1.82, 2.24) is 5.32 Å². The molecule has 2 saturated heterocycles. The minimum absolute atomic E-state index is 0.0637. The number of hydrogen-bond donors (Lipinski definition) is 1. The second kappa shape index (κ2) is 6.25. The number of esters is 2. The van der Waals surface area contributed by atoms with Gasteiger partial charge >= 0.3 is 11.9 Å². The number of hydrogen-bond acceptors (Lipinski definition) is 6. The van der Waals surface area contributed by atoms with Gasteiger partial charge in [-0.1, -0.05) is 24.3 Å². The van der Waals surface area contributed by atoms with Crippen molar-refractivity contribution in [2.45, 2.75) is 50.4 Å². The second-order valence-corrected chi connectivity index (χ2v) is 11.4. The van der Waals surface area contributed by atoms with Crippen LogP contribution < -0.4 is 5.32 Å². The molecule has 7 heteroatoms. The Hall–Kier alpha value is -2.15. The molecule has 1 N–H and O–H groups in total. The van der Waals surface area contributed by atoms with E-state index >= 15 is 0 Å². The van der Waals surface area contributed by atoms with Crippen molar-refractivity contribution in [3.05, 3.63) is 24.3 Å². The van der Waals surface area contributed by atoms with Gasteiger partial charge in [0.05, 0.1) is 7.11 Å². The average Bonchev–Trinajstić information content (AvgIpc) is 3.53. The highest BCUT2D eigenvalue weighted by molar-refractivity contribution is 5.94. The van der Waals surface area contributed by atoms with Crippen LogP contribution in [0.3, 0.4) is 0 Å². The molecule has 0 spiro atoms. The molecule has 2 saturated carbocycles. The highest BCUT2D eigenvalue weighted by atomic mass is 16.6. The molecule has 1 amide bonds. The SMILES string of the molecule is COC(=O)C12OC(C(=O)NCC(=O)OC(C)(C)C)([C@@H]3[C@H]1[C@H]1C=C[C@@H]3C1)[C@H]1[C@@H]2[C@@H]2C=C[C@H]1C2. The standard InChI is InChI=1S/C25H31NO6/c1-23(2,3)31-16(27)11-26-21(28)24-17-12-5-7-14(9-12)19(17)25(32-24,22(29)30-4)20-15-8-6-13(10-15)18(20)24/h5-8,12-15,17-20H,9-11H2,1-4H3,(H,26,28)/t12-,13+,14+,15-,17+,18-,19-,20+,24?,25?. The molecule has 7 nitrogen and oxygen atoms in total. The van der Waals surface area contributed by atoms with Crippen LogP contribution in [0, 0.1) is 47.3 Å². The Balaban J connectivity index is 1.40. The lowest BCUT2D eigenvalue weighted by Crippen LogP contribution is -2.62. The molecule has 0 aromatic heterocycles. The lowest BCUT2D eigenvalue weighted by Gasteiger charge is -2.47. The van der Waals surface area contributed by atoms with Crippen LogP contribution >= 0.6 is 0 Å². The zero-order chi connectivity index (χ0) is 22.6. The fourth-order valence-corrected chi connectivity index (χ4v) is 8.47. The molecule has 2 aliphatic heterocycles. The molecule has 2 unspecified atom stereocenters. The van der Waals surface area contributed by atoms with E-state index in [1.165, 1.54) is 7.11 Å². The molecule has 0 aromatic rings. The van der Waals surface area contributed by atoms with Crippen LogP contribution in [0.1, 0.15) is 33.6 Å². The third-order valence-electron chi connectivity index (χ3n) is 8.91. The summed E-state index contributed by atoms with van der Waals surface area (Å²) in [4.78, 5) is 39.7. The normalized spacial score (nSPS) is 48.1. The molecule has 6 rings (SSSR count). The van der Waals surface area contributed by atoms with E-state index < -0.39 is 22.8 Å². The van der Waals surface area contributed by atoms with Gasteiger partial charge in [-0.05, 0) is 57.3 Å². The molecule has 6 bridgehead atoms. The van der Waals surface area contributed by atoms with Gasteiger partial charge in [0.1, 0.15) is 12.1 Å². The van der Waals surface area contributed by atoms with Gasteiger partial charge < -0.3 is 19.5 Å². The summed E-state index contributed by atoms with van der Waals surface area (Å²) < 4.78 is 17.5. The topological polar surface area (TPSA) is 90.9 Å². The molecule has 0 aromatic carbocycles. The molecule has 10 atom stereocenters. The number of fused-ring (bicyclic) bond motifs is 16. The number of amides is 1. The predicted molar refractivity (Wildman–Crippen MR) is 113 cm³/mol. The van der Waals surface area contributed by atoms with Crippen LogP contribution in [-0.2, 0) is 28.6 Å². The van der Waals surface area contributed by atoms with Crippen molar-refractivity contribution in [1.29, 1.82) is 0 Å². The molecular weight excluding hydrogens is 410 g/mol. The van der Waals surface area contributed by atoms with E-state index in [1.54, 1.807) is 20.8 Å². The van der Waals surface area contributed by atoms with Crippen molar-refractivity contribution >= 4 is 17.8 Å². The van der Waals surface area contributed by atoms with Gasteiger partial charge in [0, 0.05) is 23.7 Å². The summed E-state index contributed by atoms with van der Waals surface area (Å²) in [6.07, 6.45) is 10.7. The van der Waals surface area contributed by atoms with Crippen LogP contribution in [0.5, 0.6) is 0 Å². The van der Waals surface area contributed by atoms with E-state index in [0.29, 0.717) is 0 Å². The van der Waals surface area contributed by atoms with Gasteiger partial charge in [0.2, 0.25) is 0 Å². The molecular formula is C25H31NO6. The molecule has 172 valence electrons. The monoisotopic (exact) mass is 441 g/mol. The third kappa shape index (κ3) is 2.28. The average molecular weight is 442 g/mol. The molecule has 6 aliphatic rings. The van der Waals surface area contributed by atoms with Crippen LogP contribution in [-0.4, -0.2) is 48.3 Å². The molecule has 4 fully saturated rings. The maximum Gasteiger partial charge on any atom is 0.338 e. The van der Waals surface area contributed by atoms with Crippen LogP contribution in [0.25, 0.3) is 0 Å².